The molecule has 7 nitrogen and oxygen atoms in total. The zero-order valence-corrected chi connectivity index (χ0v) is 14.9. The third kappa shape index (κ3) is 3.73. The van der Waals surface area contributed by atoms with Crippen LogP contribution in [0.4, 0.5) is 18.9 Å². The lowest BCUT2D eigenvalue weighted by molar-refractivity contribution is -0.141. The van der Waals surface area contributed by atoms with E-state index < -0.39 is 17.8 Å². The first-order valence-electron chi connectivity index (χ1n) is 8.66. The zero-order chi connectivity index (χ0) is 20.6. The van der Waals surface area contributed by atoms with Gasteiger partial charge < -0.3 is 9.80 Å². The molecule has 1 fully saturated rings. The van der Waals surface area contributed by atoms with E-state index in [1.54, 1.807) is 24.4 Å². The Morgan fingerprint density at radius 2 is 1.69 bits per heavy atom. The number of rotatable bonds is 2. The lowest BCUT2D eigenvalue weighted by Crippen LogP contribution is -2.52. The molecule has 0 bridgehead atoms. The van der Waals surface area contributed by atoms with Crippen LogP contribution in [0.2, 0.25) is 0 Å². The average Bonchev–Trinajstić information content (AvgIpc) is 2.72. The van der Waals surface area contributed by atoms with Gasteiger partial charge in [-0.15, -0.1) is 0 Å². The van der Waals surface area contributed by atoms with Crippen LogP contribution in [0, 0.1) is 0 Å². The van der Waals surface area contributed by atoms with Crippen molar-refractivity contribution >= 4 is 28.5 Å². The lowest BCUT2D eigenvalue weighted by atomic mass is 10.1. The lowest BCUT2D eigenvalue weighted by Gasteiger charge is -2.34. The number of carbonyl (C=O) groups excluding carboxylic acids is 2. The highest BCUT2D eigenvalue weighted by molar-refractivity contribution is 6.02. The highest BCUT2D eigenvalue weighted by Gasteiger charge is 2.34. The molecule has 2 aromatic heterocycles. The normalized spacial score (nSPS) is 15.1. The maximum Gasteiger partial charge on any atom is 0.433 e. The van der Waals surface area contributed by atoms with Crippen molar-refractivity contribution < 1.29 is 22.8 Å². The van der Waals surface area contributed by atoms with Crippen molar-refractivity contribution in [1.29, 1.82) is 0 Å². The van der Waals surface area contributed by atoms with Crippen LogP contribution in [0.3, 0.4) is 0 Å². The largest absolute Gasteiger partial charge is 0.433 e. The summed E-state index contributed by atoms with van der Waals surface area (Å²) in [4.78, 5) is 39.5. The van der Waals surface area contributed by atoms with Gasteiger partial charge in [0.1, 0.15) is 12.2 Å². The summed E-state index contributed by atoms with van der Waals surface area (Å²) < 4.78 is 38.6. The molecule has 3 aromatic rings. The van der Waals surface area contributed by atoms with E-state index in [0.717, 1.165) is 12.3 Å². The Balaban J connectivity index is 1.51. The van der Waals surface area contributed by atoms with Crippen molar-refractivity contribution in [3.8, 4) is 0 Å². The molecule has 3 heterocycles. The van der Waals surface area contributed by atoms with E-state index in [2.05, 4.69) is 15.0 Å². The maximum atomic E-state index is 12.9. The van der Waals surface area contributed by atoms with Crippen molar-refractivity contribution in [2.45, 2.75) is 6.18 Å². The summed E-state index contributed by atoms with van der Waals surface area (Å²) >= 11 is 0. The van der Waals surface area contributed by atoms with Crippen LogP contribution < -0.4 is 4.90 Å². The predicted molar refractivity (Wildman–Crippen MR) is 97.0 cm³/mol. The number of amides is 2. The van der Waals surface area contributed by atoms with Gasteiger partial charge in [-0.05, 0) is 30.3 Å². The van der Waals surface area contributed by atoms with Gasteiger partial charge in [-0.25, -0.2) is 0 Å². The molecule has 0 unspecified atom stereocenters. The summed E-state index contributed by atoms with van der Waals surface area (Å²) in [5, 5.41) is 0. The molecule has 1 aliphatic rings. The number of hydrogen-bond donors (Lipinski definition) is 0. The Kier molecular flexibility index (Phi) is 4.61. The number of alkyl halides is 3. The highest BCUT2D eigenvalue weighted by Crippen LogP contribution is 2.30. The summed E-state index contributed by atoms with van der Waals surface area (Å²) in [7, 11) is 0. The summed E-state index contributed by atoms with van der Waals surface area (Å²) in [5.41, 5.74) is 0.592. The molecule has 0 atom stereocenters. The van der Waals surface area contributed by atoms with Gasteiger partial charge in [0, 0.05) is 42.9 Å². The van der Waals surface area contributed by atoms with Crippen molar-refractivity contribution in [3.05, 3.63) is 60.2 Å². The first kappa shape index (κ1) is 18.8. The average molecular weight is 401 g/mol. The van der Waals surface area contributed by atoms with Crippen LogP contribution in [-0.2, 0) is 11.0 Å². The third-order valence-electron chi connectivity index (χ3n) is 4.57. The second-order valence-corrected chi connectivity index (χ2v) is 6.43. The monoisotopic (exact) mass is 401 g/mol. The van der Waals surface area contributed by atoms with E-state index in [9.17, 15) is 22.8 Å². The van der Waals surface area contributed by atoms with Gasteiger partial charge in [0.25, 0.3) is 5.91 Å². The second kappa shape index (κ2) is 7.12. The number of piperazine rings is 1. The quantitative estimate of drug-likeness (QED) is 0.659. The Labute approximate surface area is 162 Å². The van der Waals surface area contributed by atoms with Gasteiger partial charge in [-0.1, -0.05) is 0 Å². The number of fused-ring (bicyclic) bond motifs is 1. The SMILES string of the molecule is O=C(c1ccc2nccnc2c1)N1CCN(c2ccnc(C(F)(F)F)c2)C(=O)C1. The Hall–Kier alpha value is -3.56. The number of nitrogens with zero attached hydrogens (tertiary/aromatic N) is 5. The highest BCUT2D eigenvalue weighted by atomic mass is 19.4. The minimum Gasteiger partial charge on any atom is -0.328 e. The van der Waals surface area contributed by atoms with Gasteiger partial charge in [-0.3, -0.25) is 24.5 Å². The molecule has 2 amide bonds. The van der Waals surface area contributed by atoms with Crippen molar-refractivity contribution in [2.24, 2.45) is 0 Å². The molecule has 148 valence electrons. The van der Waals surface area contributed by atoms with E-state index in [1.165, 1.54) is 22.1 Å². The van der Waals surface area contributed by atoms with E-state index in [4.69, 9.17) is 0 Å². The zero-order valence-electron chi connectivity index (χ0n) is 14.9. The van der Waals surface area contributed by atoms with Crippen LogP contribution in [0.1, 0.15) is 16.1 Å². The molecular weight excluding hydrogens is 387 g/mol. The van der Waals surface area contributed by atoms with Gasteiger partial charge in [0.05, 0.1) is 11.0 Å². The number of benzene rings is 1. The van der Waals surface area contributed by atoms with E-state index >= 15 is 0 Å². The minimum atomic E-state index is -4.60. The molecule has 0 saturated carbocycles. The van der Waals surface area contributed by atoms with E-state index in [1.807, 2.05) is 0 Å². The predicted octanol–water partition coefficient (Wildman–Crippen LogP) is 2.53. The summed E-state index contributed by atoms with van der Waals surface area (Å²) in [6.45, 7) is 0.0348. The number of hydrogen-bond acceptors (Lipinski definition) is 5. The molecule has 10 heteroatoms. The van der Waals surface area contributed by atoms with Gasteiger partial charge in [0.15, 0.2) is 0 Å². The van der Waals surface area contributed by atoms with Gasteiger partial charge >= 0.3 is 6.18 Å². The molecule has 0 N–H and O–H groups in total. The first-order valence-corrected chi connectivity index (χ1v) is 8.66. The number of pyridine rings is 1. The third-order valence-corrected chi connectivity index (χ3v) is 4.57. The number of carbonyl (C=O) groups is 2. The molecular formula is C19H14F3N5O2. The van der Waals surface area contributed by atoms with Crippen LogP contribution >= 0.6 is 0 Å². The van der Waals surface area contributed by atoms with Crippen molar-refractivity contribution in [1.82, 2.24) is 19.9 Å². The van der Waals surface area contributed by atoms with Crippen molar-refractivity contribution in [3.63, 3.8) is 0 Å². The molecule has 4 rings (SSSR count). The van der Waals surface area contributed by atoms with Crippen LogP contribution in [0.5, 0.6) is 0 Å². The fraction of sp³-hybridized carbons (Fsp3) is 0.211. The van der Waals surface area contributed by atoms with E-state index in [0.29, 0.717) is 16.6 Å². The summed E-state index contributed by atoms with van der Waals surface area (Å²) in [6.07, 6.45) is -0.525. The Morgan fingerprint density at radius 3 is 2.41 bits per heavy atom. The standard InChI is InChI=1S/C19H14F3N5O2/c20-19(21,22)16-10-13(3-4-25-16)27-8-7-26(11-17(27)28)18(29)12-1-2-14-15(9-12)24-6-5-23-14/h1-6,9-10H,7-8,11H2. The fourth-order valence-electron chi connectivity index (χ4n) is 3.14. The molecule has 1 saturated heterocycles. The van der Waals surface area contributed by atoms with Crippen LogP contribution in [0.25, 0.3) is 11.0 Å². The molecule has 29 heavy (non-hydrogen) atoms. The van der Waals surface area contributed by atoms with Crippen LogP contribution in [-0.4, -0.2) is 51.3 Å². The summed E-state index contributed by atoms with van der Waals surface area (Å²) in [6, 6.07) is 7.04. The Bertz CT molecular complexity index is 1100. The maximum absolute atomic E-state index is 12.9. The summed E-state index contributed by atoms with van der Waals surface area (Å²) in [5.74, 6) is -0.819. The first-order chi connectivity index (χ1) is 13.8. The van der Waals surface area contributed by atoms with Crippen molar-refractivity contribution in [2.75, 3.05) is 24.5 Å². The molecule has 0 spiro atoms. The van der Waals surface area contributed by atoms with Gasteiger partial charge in [0.2, 0.25) is 5.91 Å². The topological polar surface area (TPSA) is 79.3 Å². The smallest absolute Gasteiger partial charge is 0.328 e. The van der Waals surface area contributed by atoms with Gasteiger partial charge in [-0.2, -0.15) is 13.2 Å². The molecule has 1 aliphatic heterocycles. The van der Waals surface area contributed by atoms with Crippen LogP contribution in [0.15, 0.2) is 48.9 Å². The van der Waals surface area contributed by atoms with E-state index in [-0.39, 0.29) is 31.2 Å². The number of aromatic nitrogens is 3. The number of halogens is 3. The molecule has 0 aliphatic carbocycles. The number of anilines is 1. The minimum absolute atomic E-state index is 0.0826. The Morgan fingerprint density at radius 1 is 0.931 bits per heavy atom. The fourth-order valence-corrected chi connectivity index (χ4v) is 3.14. The molecule has 1 aromatic carbocycles. The molecule has 0 radical (unpaired) electrons. The second-order valence-electron chi connectivity index (χ2n) is 6.43.